The molecule has 0 aromatic heterocycles. The zero-order valence-corrected chi connectivity index (χ0v) is 14.0. The van der Waals surface area contributed by atoms with Crippen molar-refractivity contribution in [2.75, 3.05) is 19.8 Å². The predicted octanol–water partition coefficient (Wildman–Crippen LogP) is 3.88. The van der Waals surface area contributed by atoms with Gasteiger partial charge in [0.15, 0.2) is 0 Å². The van der Waals surface area contributed by atoms with Crippen molar-refractivity contribution >= 4 is 0 Å². The zero-order chi connectivity index (χ0) is 12.1. The van der Waals surface area contributed by atoms with E-state index in [9.17, 15) is 0 Å². The smallest absolute Gasteiger partial charge is 0.0375 e. The van der Waals surface area contributed by atoms with Crippen LogP contribution in [0.4, 0.5) is 0 Å². The van der Waals surface area contributed by atoms with Gasteiger partial charge < -0.3 is 14.2 Å². The van der Waals surface area contributed by atoms with Gasteiger partial charge in [-0.25, -0.2) is 0 Å². The number of hydrogen-bond donors (Lipinski definition) is 0. The summed E-state index contributed by atoms with van der Waals surface area (Å²) < 4.78 is 16.3. The molecule has 0 fully saturated rings. The van der Waals surface area contributed by atoms with Gasteiger partial charge in [0.2, 0.25) is 0 Å². The SMILES string of the molecule is CCCCO[C-](OCCCC)OCCCC.[Zr]. The zero-order valence-electron chi connectivity index (χ0n) is 11.6. The molecule has 0 aromatic carbocycles. The first kappa shape index (κ1) is 20.1. The third-order valence-electron chi connectivity index (χ3n) is 2.15. The van der Waals surface area contributed by atoms with E-state index in [4.69, 9.17) is 14.2 Å². The van der Waals surface area contributed by atoms with Gasteiger partial charge in [-0.2, -0.15) is 0 Å². The van der Waals surface area contributed by atoms with E-state index >= 15 is 0 Å². The molecular weight excluding hydrogens is 295 g/mol. The van der Waals surface area contributed by atoms with Crippen LogP contribution in [0.5, 0.6) is 0 Å². The minimum Gasteiger partial charge on any atom is -0.496 e. The van der Waals surface area contributed by atoms with E-state index in [0.717, 1.165) is 38.5 Å². The molecule has 3 nitrogen and oxygen atoms in total. The Morgan fingerprint density at radius 2 is 0.941 bits per heavy atom. The van der Waals surface area contributed by atoms with Crippen LogP contribution in [0.25, 0.3) is 0 Å². The molecule has 0 spiro atoms. The first-order valence-corrected chi connectivity index (χ1v) is 6.60. The van der Waals surface area contributed by atoms with Gasteiger partial charge in [0, 0.05) is 52.5 Å². The average Bonchev–Trinajstić information content (AvgIpc) is 2.29. The average molecular weight is 323 g/mol. The van der Waals surface area contributed by atoms with Gasteiger partial charge in [-0.05, 0) is 19.3 Å². The van der Waals surface area contributed by atoms with Crippen LogP contribution >= 0.6 is 0 Å². The van der Waals surface area contributed by atoms with Crippen LogP contribution in [0.3, 0.4) is 0 Å². The van der Waals surface area contributed by atoms with E-state index < -0.39 is 0 Å². The summed E-state index contributed by atoms with van der Waals surface area (Å²) in [6.45, 7) is 8.84. The Kier molecular flexibility index (Phi) is 19.8. The first-order chi connectivity index (χ1) is 7.85. The van der Waals surface area contributed by atoms with Gasteiger partial charge in [0.25, 0.3) is 0 Å². The van der Waals surface area contributed by atoms with Crippen LogP contribution in [-0.4, -0.2) is 19.8 Å². The molecule has 0 bridgehead atoms. The van der Waals surface area contributed by atoms with Crippen molar-refractivity contribution in [3.05, 3.63) is 6.48 Å². The third-order valence-corrected chi connectivity index (χ3v) is 2.15. The maximum absolute atomic E-state index is 5.45. The van der Waals surface area contributed by atoms with Crippen LogP contribution in [0.15, 0.2) is 0 Å². The first-order valence-electron chi connectivity index (χ1n) is 6.60. The molecule has 0 radical (unpaired) electrons. The summed E-state index contributed by atoms with van der Waals surface area (Å²) in [6, 6.07) is 0. The van der Waals surface area contributed by atoms with Gasteiger partial charge in [-0.3, -0.25) is 0 Å². The standard InChI is InChI=1S/C13H27O3.Zr/c1-4-7-10-14-13(15-11-8-5-2)16-12-9-6-3;/h4-12H2,1-3H3;/q-1;. The number of rotatable bonds is 12. The van der Waals surface area contributed by atoms with E-state index in [2.05, 4.69) is 20.8 Å². The maximum Gasteiger partial charge on any atom is 0.0375 e. The Hall–Kier alpha value is 0.763. The van der Waals surface area contributed by atoms with Gasteiger partial charge in [0.1, 0.15) is 0 Å². The Morgan fingerprint density at radius 3 is 1.18 bits per heavy atom. The van der Waals surface area contributed by atoms with Gasteiger partial charge in [-0.15, -0.1) is 0 Å². The summed E-state index contributed by atoms with van der Waals surface area (Å²) in [6.07, 6.45) is 6.49. The third kappa shape index (κ3) is 14.7. The summed E-state index contributed by atoms with van der Waals surface area (Å²) in [5.41, 5.74) is 0. The van der Waals surface area contributed by atoms with Crippen molar-refractivity contribution in [3.63, 3.8) is 0 Å². The molecule has 17 heavy (non-hydrogen) atoms. The molecular formula is C13H27O3Zr-. The number of ether oxygens (including phenoxy) is 3. The molecule has 0 aromatic rings. The normalized spacial score (nSPS) is 10.6. The monoisotopic (exact) mass is 321 g/mol. The van der Waals surface area contributed by atoms with E-state index in [1.807, 2.05) is 0 Å². The Labute approximate surface area is 126 Å². The molecule has 0 aliphatic carbocycles. The van der Waals surface area contributed by atoms with Crippen molar-refractivity contribution in [2.24, 2.45) is 0 Å². The fourth-order valence-corrected chi connectivity index (χ4v) is 1.02. The molecule has 0 rings (SSSR count). The second kappa shape index (κ2) is 16.8. The molecule has 0 amide bonds. The van der Waals surface area contributed by atoms with E-state index in [-0.39, 0.29) is 26.2 Å². The Morgan fingerprint density at radius 1 is 0.647 bits per heavy atom. The summed E-state index contributed by atoms with van der Waals surface area (Å²) in [5.74, 6) is 0. The van der Waals surface area contributed by atoms with Crippen LogP contribution in [0.1, 0.15) is 59.3 Å². The van der Waals surface area contributed by atoms with Crippen molar-refractivity contribution < 1.29 is 40.4 Å². The van der Waals surface area contributed by atoms with Crippen LogP contribution in [-0.2, 0) is 40.4 Å². The van der Waals surface area contributed by atoms with Crippen LogP contribution in [0.2, 0.25) is 0 Å². The van der Waals surface area contributed by atoms with Crippen LogP contribution < -0.4 is 0 Å². The molecule has 0 saturated heterocycles. The molecule has 4 heteroatoms. The molecule has 0 aliphatic heterocycles. The fourth-order valence-electron chi connectivity index (χ4n) is 1.02. The minimum atomic E-state index is 0. The fraction of sp³-hybridized carbons (Fsp3) is 0.923. The quantitative estimate of drug-likeness (QED) is 0.403. The van der Waals surface area contributed by atoms with Crippen molar-refractivity contribution in [3.8, 4) is 0 Å². The summed E-state index contributed by atoms with van der Waals surface area (Å²) in [5, 5.41) is 0. The van der Waals surface area contributed by atoms with Crippen molar-refractivity contribution in [2.45, 2.75) is 59.3 Å². The van der Waals surface area contributed by atoms with Crippen molar-refractivity contribution in [1.29, 1.82) is 0 Å². The second-order valence-corrected chi connectivity index (χ2v) is 3.86. The molecule has 0 saturated carbocycles. The molecule has 0 unspecified atom stereocenters. The molecule has 102 valence electrons. The second-order valence-electron chi connectivity index (χ2n) is 3.86. The van der Waals surface area contributed by atoms with Gasteiger partial charge >= 0.3 is 0 Å². The summed E-state index contributed by atoms with van der Waals surface area (Å²) >= 11 is 0. The number of unbranched alkanes of at least 4 members (excludes halogenated alkanes) is 3. The Balaban J connectivity index is 0. The molecule has 0 N–H and O–H groups in total. The maximum atomic E-state index is 5.45. The van der Waals surface area contributed by atoms with Crippen molar-refractivity contribution in [1.82, 2.24) is 0 Å². The predicted molar refractivity (Wildman–Crippen MR) is 65.8 cm³/mol. The minimum absolute atomic E-state index is 0. The van der Waals surface area contributed by atoms with E-state index in [1.165, 1.54) is 0 Å². The Bertz CT molecular complexity index is 110. The van der Waals surface area contributed by atoms with E-state index in [1.54, 1.807) is 0 Å². The molecule has 0 aliphatic rings. The van der Waals surface area contributed by atoms with E-state index in [0.29, 0.717) is 26.3 Å². The van der Waals surface area contributed by atoms with Gasteiger partial charge in [-0.1, -0.05) is 40.0 Å². The summed E-state index contributed by atoms with van der Waals surface area (Å²) in [7, 11) is 0. The largest absolute Gasteiger partial charge is 0.496 e. The molecule has 0 atom stereocenters. The number of hydrogen-bond acceptors (Lipinski definition) is 3. The topological polar surface area (TPSA) is 27.7 Å². The summed E-state index contributed by atoms with van der Waals surface area (Å²) in [4.78, 5) is 0. The molecule has 0 heterocycles. The van der Waals surface area contributed by atoms with Crippen LogP contribution in [0, 0.1) is 6.48 Å². The van der Waals surface area contributed by atoms with Gasteiger partial charge in [0.05, 0.1) is 0 Å².